The summed E-state index contributed by atoms with van der Waals surface area (Å²) < 4.78 is 31.3. The van der Waals surface area contributed by atoms with E-state index < -0.39 is 0 Å². The van der Waals surface area contributed by atoms with Crippen molar-refractivity contribution in [3.8, 4) is 23.3 Å². The van der Waals surface area contributed by atoms with Crippen molar-refractivity contribution in [3.63, 3.8) is 0 Å². The topological polar surface area (TPSA) is 67.6 Å². The molecule has 2 aromatic carbocycles. The molecule has 7 heteroatoms. The van der Waals surface area contributed by atoms with Gasteiger partial charge < -0.3 is 19.1 Å². The lowest BCUT2D eigenvalue weighted by Gasteiger charge is -2.35. The first-order valence-electron chi connectivity index (χ1n) is 10.2. The lowest BCUT2D eigenvalue weighted by molar-refractivity contribution is 0.158. The summed E-state index contributed by atoms with van der Waals surface area (Å²) in [7, 11) is 3.20. The van der Waals surface area contributed by atoms with Crippen LogP contribution in [-0.4, -0.2) is 38.4 Å². The predicted octanol–water partition coefficient (Wildman–Crippen LogP) is 4.62. The van der Waals surface area contributed by atoms with Gasteiger partial charge >= 0.3 is 0 Å². The van der Waals surface area contributed by atoms with Crippen LogP contribution < -0.4 is 19.1 Å². The number of rotatable bonds is 5. The molecule has 0 aliphatic carbocycles. The molecule has 0 spiro atoms. The van der Waals surface area contributed by atoms with Crippen molar-refractivity contribution in [2.75, 3.05) is 32.2 Å². The molecule has 0 amide bonds. The number of fused-ring (bicyclic) bond motifs is 1. The minimum Gasteiger partial charge on any atom is -0.493 e. The monoisotopic (exact) mass is 421 g/mol. The Balaban J connectivity index is 1.59. The lowest BCUT2D eigenvalue weighted by Crippen LogP contribution is -2.39. The SMILES string of the molecule is COc1cccc(OC)c1OC1CCN(c2c(C#N)cnc3c(C)cc(F)cc23)CC1. The zero-order valence-electron chi connectivity index (χ0n) is 17.8. The summed E-state index contributed by atoms with van der Waals surface area (Å²) in [5.74, 6) is 1.51. The maximum Gasteiger partial charge on any atom is 0.203 e. The number of ether oxygens (including phenoxy) is 3. The molecule has 160 valence electrons. The molecular weight excluding hydrogens is 397 g/mol. The molecule has 0 unspecified atom stereocenters. The van der Waals surface area contributed by atoms with Gasteiger partial charge in [0.1, 0.15) is 18.0 Å². The number of aromatic nitrogens is 1. The van der Waals surface area contributed by atoms with E-state index in [-0.39, 0.29) is 11.9 Å². The predicted molar refractivity (Wildman–Crippen MR) is 117 cm³/mol. The number of piperidine rings is 1. The van der Waals surface area contributed by atoms with Gasteiger partial charge in [0.2, 0.25) is 5.75 Å². The minimum absolute atomic E-state index is 0.0291. The van der Waals surface area contributed by atoms with Gasteiger partial charge in [-0.3, -0.25) is 4.98 Å². The van der Waals surface area contributed by atoms with Crippen LogP contribution in [0.15, 0.2) is 36.5 Å². The maximum absolute atomic E-state index is 14.2. The van der Waals surface area contributed by atoms with E-state index in [0.717, 1.165) is 24.1 Å². The number of para-hydroxylation sites is 1. The Morgan fingerprint density at radius 1 is 1.13 bits per heavy atom. The number of halogens is 1. The highest BCUT2D eigenvalue weighted by Crippen LogP contribution is 2.39. The summed E-state index contributed by atoms with van der Waals surface area (Å²) in [5.41, 5.74) is 2.65. The van der Waals surface area contributed by atoms with Crippen molar-refractivity contribution in [3.05, 3.63) is 53.5 Å². The average molecular weight is 421 g/mol. The normalized spacial score (nSPS) is 14.4. The highest BCUT2D eigenvalue weighted by atomic mass is 19.1. The van der Waals surface area contributed by atoms with Crippen LogP contribution in [0.25, 0.3) is 10.9 Å². The summed E-state index contributed by atoms with van der Waals surface area (Å²) >= 11 is 0. The summed E-state index contributed by atoms with van der Waals surface area (Å²) in [4.78, 5) is 6.51. The van der Waals surface area contributed by atoms with Crippen molar-refractivity contribution in [2.24, 2.45) is 0 Å². The second kappa shape index (κ2) is 8.68. The standard InChI is InChI=1S/C24H24FN3O3/c1-15-11-17(25)12-19-22(15)27-14-16(13-26)23(19)28-9-7-18(8-10-28)31-24-20(29-2)5-4-6-21(24)30-3/h4-6,11-12,14,18H,7-10H2,1-3H3. The van der Waals surface area contributed by atoms with Gasteiger partial charge in [0.05, 0.1) is 31.0 Å². The van der Waals surface area contributed by atoms with Crippen LogP contribution in [0.2, 0.25) is 0 Å². The van der Waals surface area contributed by atoms with Crippen LogP contribution in [0.3, 0.4) is 0 Å². The van der Waals surface area contributed by atoms with Crippen molar-refractivity contribution in [1.82, 2.24) is 4.98 Å². The van der Waals surface area contributed by atoms with Gasteiger partial charge in [-0.2, -0.15) is 5.26 Å². The van der Waals surface area contributed by atoms with Crippen LogP contribution in [-0.2, 0) is 0 Å². The van der Waals surface area contributed by atoms with E-state index in [0.29, 0.717) is 46.8 Å². The zero-order valence-corrected chi connectivity index (χ0v) is 17.8. The molecule has 3 aromatic rings. The Bertz CT molecular complexity index is 1130. The van der Waals surface area contributed by atoms with Gasteiger partial charge in [-0.05, 0) is 36.8 Å². The number of nitrogens with zero attached hydrogens (tertiary/aromatic N) is 3. The number of benzene rings is 2. The molecule has 1 aromatic heterocycles. The third-order valence-corrected chi connectivity index (χ3v) is 5.64. The summed E-state index contributed by atoms with van der Waals surface area (Å²) in [6.07, 6.45) is 3.03. The van der Waals surface area contributed by atoms with Crippen LogP contribution >= 0.6 is 0 Å². The van der Waals surface area contributed by atoms with Gasteiger partial charge in [0, 0.05) is 37.5 Å². The fourth-order valence-electron chi connectivity index (χ4n) is 4.14. The van der Waals surface area contributed by atoms with Crippen LogP contribution in [0.1, 0.15) is 24.0 Å². The summed E-state index contributed by atoms with van der Waals surface area (Å²) in [5, 5.41) is 10.3. The largest absolute Gasteiger partial charge is 0.493 e. The number of anilines is 1. The number of hydrogen-bond acceptors (Lipinski definition) is 6. The fourth-order valence-corrected chi connectivity index (χ4v) is 4.14. The van der Waals surface area contributed by atoms with Crippen LogP contribution in [0, 0.1) is 24.1 Å². The van der Waals surface area contributed by atoms with Crippen molar-refractivity contribution >= 4 is 16.6 Å². The van der Waals surface area contributed by atoms with E-state index in [4.69, 9.17) is 14.2 Å². The van der Waals surface area contributed by atoms with Gasteiger partial charge in [-0.15, -0.1) is 0 Å². The number of aryl methyl sites for hydroxylation is 1. The summed E-state index contributed by atoms with van der Waals surface area (Å²) in [6.45, 7) is 3.17. The van der Waals surface area contributed by atoms with E-state index in [9.17, 15) is 9.65 Å². The van der Waals surface area contributed by atoms with E-state index in [1.165, 1.54) is 12.1 Å². The molecular formula is C24H24FN3O3. The Morgan fingerprint density at radius 2 is 1.81 bits per heavy atom. The van der Waals surface area contributed by atoms with Crippen molar-refractivity contribution in [2.45, 2.75) is 25.9 Å². The van der Waals surface area contributed by atoms with Crippen LogP contribution in [0.5, 0.6) is 17.2 Å². The highest BCUT2D eigenvalue weighted by molar-refractivity contribution is 5.96. The Labute approximate surface area is 180 Å². The first kappa shape index (κ1) is 20.7. The molecule has 0 atom stereocenters. The first-order valence-corrected chi connectivity index (χ1v) is 10.2. The maximum atomic E-state index is 14.2. The first-order chi connectivity index (χ1) is 15.0. The van der Waals surface area contributed by atoms with E-state index in [1.54, 1.807) is 20.4 Å². The molecule has 1 fully saturated rings. The molecule has 0 bridgehead atoms. The van der Waals surface area contributed by atoms with Crippen molar-refractivity contribution < 1.29 is 18.6 Å². The third kappa shape index (κ3) is 3.93. The molecule has 0 saturated carbocycles. The Kier molecular flexibility index (Phi) is 5.81. The molecule has 0 radical (unpaired) electrons. The molecule has 1 aliphatic heterocycles. The van der Waals surface area contributed by atoms with E-state index in [2.05, 4.69) is 16.0 Å². The smallest absolute Gasteiger partial charge is 0.203 e. The number of hydrogen-bond donors (Lipinski definition) is 0. The zero-order chi connectivity index (χ0) is 22.0. The minimum atomic E-state index is -0.329. The molecule has 1 aliphatic rings. The Morgan fingerprint density at radius 3 is 2.42 bits per heavy atom. The number of pyridine rings is 1. The lowest BCUT2D eigenvalue weighted by atomic mass is 10.0. The fraction of sp³-hybridized carbons (Fsp3) is 0.333. The molecule has 1 saturated heterocycles. The van der Waals surface area contributed by atoms with Gasteiger partial charge in [0.25, 0.3) is 0 Å². The second-order valence-corrected chi connectivity index (χ2v) is 7.55. The van der Waals surface area contributed by atoms with Gasteiger partial charge in [-0.1, -0.05) is 6.07 Å². The third-order valence-electron chi connectivity index (χ3n) is 5.64. The molecule has 4 rings (SSSR count). The van der Waals surface area contributed by atoms with E-state index in [1.807, 2.05) is 25.1 Å². The van der Waals surface area contributed by atoms with Gasteiger partial charge in [-0.25, -0.2) is 4.39 Å². The molecule has 0 N–H and O–H groups in total. The molecule has 6 nitrogen and oxygen atoms in total. The van der Waals surface area contributed by atoms with Gasteiger partial charge in [0.15, 0.2) is 11.5 Å². The average Bonchev–Trinajstić information content (AvgIpc) is 2.79. The van der Waals surface area contributed by atoms with E-state index >= 15 is 0 Å². The second-order valence-electron chi connectivity index (χ2n) is 7.55. The van der Waals surface area contributed by atoms with Crippen molar-refractivity contribution in [1.29, 1.82) is 5.26 Å². The number of methoxy groups -OCH3 is 2. The number of nitriles is 1. The Hall–Kier alpha value is -3.53. The quantitative estimate of drug-likeness (QED) is 0.599. The molecule has 2 heterocycles. The summed E-state index contributed by atoms with van der Waals surface area (Å²) in [6, 6.07) is 10.7. The molecule has 31 heavy (non-hydrogen) atoms. The van der Waals surface area contributed by atoms with Crippen LogP contribution in [0.4, 0.5) is 10.1 Å². The highest BCUT2D eigenvalue weighted by Gasteiger charge is 2.26.